The number of anilines is 2. The molecular formula is C29H34N6O4. The average Bonchev–Trinajstić information content (AvgIpc) is 3.74. The van der Waals surface area contributed by atoms with Crippen LogP contribution in [0.4, 0.5) is 11.6 Å². The Bertz CT molecular complexity index is 1460. The maximum absolute atomic E-state index is 12.3. The monoisotopic (exact) mass is 530 g/mol. The summed E-state index contributed by atoms with van der Waals surface area (Å²) in [6.07, 6.45) is 5.89. The second-order valence-electron chi connectivity index (χ2n) is 11.3. The Morgan fingerprint density at radius 3 is 2.67 bits per heavy atom. The van der Waals surface area contributed by atoms with Crippen LogP contribution in [0.15, 0.2) is 30.6 Å². The number of carbonyl (C=O) groups excluding carboxylic acids is 2. The zero-order valence-corrected chi connectivity index (χ0v) is 22.7. The van der Waals surface area contributed by atoms with E-state index in [9.17, 15) is 9.59 Å². The smallest absolute Gasteiger partial charge is 0.340 e. The van der Waals surface area contributed by atoms with Gasteiger partial charge in [0.1, 0.15) is 23.8 Å². The van der Waals surface area contributed by atoms with Crippen molar-refractivity contribution in [3.63, 3.8) is 0 Å². The van der Waals surface area contributed by atoms with Crippen molar-refractivity contribution in [3.05, 3.63) is 47.4 Å². The summed E-state index contributed by atoms with van der Waals surface area (Å²) in [5.74, 6) is 1.73. The normalized spacial score (nSPS) is 22.5. The van der Waals surface area contributed by atoms with Crippen LogP contribution in [-0.4, -0.2) is 57.0 Å². The fourth-order valence-electron chi connectivity index (χ4n) is 5.11. The van der Waals surface area contributed by atoms with E-state index in [-0.39, 0.29) is 35.9 Å². The van der Waals surface area contributed by atoms with Gasteiger partial charge >= 0.3 is 5.97 Å². The van der Waals surface area contributed by atoms with Crippen molar-refractivity contribution in [2.45, 2.75) is 70.6 Å². The van der Waals surface area contributed by atoms with Crippen molar-refractivity contribution in [2.75, 3.05) is 18.4 Å². The van der Waals surface area contributed by atoms with E-state index in [1.807, 2.05) is 38.7 Å². The largest absolute Gasteiger partial charge is 0.470 e. The highest BCUT2D eigenvalue weighted by Crippen LogP contribution is 2.37. The zero-order valence-electron chi connectivity index (χ0n) is 22.7. The van der Waals surface area contributed by atoms with Crippen molar-refractivity contribution in [2.24, 2.45) is 11.7 Å². The van der Waals surface area contributed by atoms with Gasteiger partial charge in [0.05, 0.1) is 29.7 Å². The van der Waals surface area contributed by atoms with E-state index >= 15 is 0 Å². The van der Waals surface area contributed by atoms with Crippen molar-refractivity contribution in [1.82, 2.24) is 19.9 Å². The van der Waals surface area contributed by atoms with E-state index < -0.39 is 5.54 Å². The first-order chi connectivity index (χ1) is 18.6. The molecule has 204 valence electrons. The van der Waals surface area contributed by atoms with Crippen LogP contribution in [0.5, 0.6) is 5.88 Å². The van der Waals surface area contributed by atoms with Crippen molar-refractivity contribution >= 4 is 34.3 Å². The molecule has 1 amide bonds. The zero-order chi connectivity index (χ0) is 27.5. The number of ether oxygens (including phenoxy) is 2. The minimum atomic E-state index is -0.609. The number of fused-ring (bicyclic) bond motifs is 2. The van der Waals surface area contributed by atoms with E-state index in [0.29, 0.717) is 48.3 Å². The molecule has 3 aromatic rings. The molecule has 5 heterocycles. The van der Waals surface area contributed by atoms with Gasteiger partial charge in [-0.1, -0.05) is 13.8 Å². The molecule has 2 aliphatic heterocycles. The first-order valence-electron chi connectivity index (χ1n) is 13.7. The summed E-state index contributed by atoms with van der Waals surface area (Å²) >= 11 is 0. The number of hydrogen-bond acceptors (Lipinski definition) is 9. The van der Waals surface area contributed by atoms with Crippen LogP contribution in [0.25, 0.3) is 10.8 Å². The maximum Gasteiger partial charge on any atom is 0.340 e. The third-order valence-corrected chi connectivity index (χ3v) is 8.28. The van der Waals surface area contributed by atoms with Gasteiger partial charge in [0.25, 0.3) is 0 Å². The lowest BCUT2D eigenvalue weighted by Gasteiger charge is -2.39. The molecule has 10 heteroatoms. The molecule has 0 bridgehead atoms. The number of likely N-dealkylation sites (tertiary alicyclic amines) is 1. The van der Waals surface area contributed by atoms with Gasteiger partial charge in [-0.05, 0) is 62.3 Å². The third-order valence-electron chi connectivity index (χ3n) is 8.28. The molecule has 0 spiro atoms. The molecule has 3 N–H and O–H groups in total. The summed E-state index contributed by atoms with van der Waals surface area (Å²) in [4.78, 5) is 40.4. The number of cyclic esters (lactones) is 1. The number of hydrogen-bond donors (Lipinski definition) is 2. The van der Waals surface area contributed by atoms with Gasteiger partial charge < -0.3 is 25.4 Å². The summed E-state index contributed by atoms with van der Waals surface area (Å²) in [7, 11) is 0. The molecule has 3 atom stereocenters. The molecule has 0 aromatic carbocycles. The van der Waals surface area contributed by atoms with Crippen molar-refractivity contribution in [1.29, 1.82) is 0 Å². The summed E-state index contributed by atoms with van der Waals surface area (Å²) in [6, 6.07) is 5.42. The van der Waals surface area contributed by atoms with Crippen molar-refractivity contribution < 1.29 is 19.1 Å². The van der Waals surface area contributed by atoms with Crippen LogP contribution in [0.3, 0.4) is 0 Å². The molecule has 1 saturated carbocycles. The molecule has 1 saturated heterocycles. The SMILES string of the molecule is CC[C@@](C)(N)c1cnc(OC2CN(C(=O)C3CC3)C2)c2cnc(Nc3ccc4c(n3)[C@@H](C)[C@H](C)OC4=O)cc12. The number of aromatic nitrogens is 3. The number of nitrogens with zero attached hydrogens (tertiary/aromatic N) is 4. The van der Waals surface area contributed by atoms with Crippen LogP contribution in [-0.2, 0) is 15.1 Å². The number of pyridine rings is 3. The van der Waals surface area contributed by atoms with Gasteiger partial charge in [-0.25, -0.2) is 19.7 Å². The predicted molar refractivity (Wildman–Crippen MR) is 146 cm³/mol. The first kappa shape index (κ1) is 25.5. The number of nitrogens with one attached hydrogen (secondary N) is 1. The number of carbonyl (C=O) groups is 2. The highest BCUT2D eigenvalue weighted by atomic mass is 16.5. The topological polar surface area (TPSA) is 133 Å². The van der Waals surface area contributed by atoms with Gasteiger partial charge in [0.15, 0.2) is 0 Å². The molecule has 6 rings (SSSR count). The summed E-state index contributed by atoms with van der Waals surface area (Å²) in [5.41, 5.74) is 8.15. The van der Waals surface area contributed by atoms with Crippen LogP contribution in [0.1, 0.15) is 74.5 Å². The molecule has 0 radical (unpaired) electrons. The van der Waals surface area contributed by atoms with E-state index in [0.717, 1.165) is 29.2 Å². The Hall–Kier alpha value is -3.79. The Balaban J connectivity index is 1.29. The lowest BCUT2D eigenvalue weighted by Crippen LogP contribution is -2.56. The highest BCUT2D eigenvalue weighted by Gasteiger charge is 2.40. The molecular weight excluding hydrogens is 496 g/mol. The summed E-state index contributed by atoms with van der Waals surface area (Å²) in [6.45, 7) is 9.05. The van der Waals surface area contributed by atoms with Crippen LogP contribution < -0.4 is 15.8 Å². The molecule has 0 unspecified atom stereocenters. The maximum atomic E-state index is 12.3. The van der Waals surface area contributed by atoms with E-state index in [1.54, 1.807) is 24.5 Å². The number of esters is 1. The quantitative estimate of drug-likeness (QED) is 0.435. The van der Waals surface area contributed by atoms with Gasteiger partial charge in [-0.3, -0.25) is 4.79 Å². The lowest BCUT2D eigenvalue weighted by molar-refractivity contribution is -0.141. The first-order valence-corrected chi connectivity index (χ1v) is 13.7. The van der Waals surface area contributed by atoms with E-state index in [2.05, 4.69) is 15.3 Å². The van der Waals surface area contributed by atoms with Crippen LogP contribution >= 0.6 is 0 Å². The fraction of sp³-hybridized carbons (Fsp3) is 0.483. The molecule has 3 aliphatic rings. The number of nitrogens with two attached hydrogens (primary N) is 1. The Morgan fingerprint density at radius 2 is 1.95 bits per heavy atom. The van der Waals surface area contributed by atoms with Crippen LogP contribution in [0.2, 0.25) is 0 Å². The number of amides is 1. The summed E-state index contributed by atoms with van der Waals surface area (Å²) < 4.78 is 11.6. The molecule has 1 aliphatic carbocycles. The van der Waals surface area contributed by atoms with Gasteiger partial charge in [0.2, 0.25) is 11.8 Å². The van der Waals surface area contributed by atoms with Gasteiger partial charge in [-0.15, -0.1) is 0 Å². The molecule has 3 aromatic heterocycles. The standard InChI is InChI=1S/C29H34N6O4/c1-5-29(4,30)22-12-32-26(39-18-13-35(14-18)27(36)17-6-7-17)21-11-31-24(10-20(21)22)33-23-9-8-19-25(34-23)15(2)16(3)38-28(19)37/h8-12,15-18H,5-7,13-14,30H2,1-4H3,(H,31,33,34)/t15-,16-,29+/m0/s1. The Labute approximate surface area is 227 Å². The van der Waals surface area contributed by atoms with E-state index in [1.165, 1.54) is 0 Å². The second-order valence-corrected chi connectivity index (χ2v) is 11.3. The van der Waals surface area contributed by atoms with Crippen molar-refractivity contribution in [3.8, 4) is 5.88 Å². The molecule has 10 nitrogen and oxygen atoms in total. The second kappa shape index (κ2) is 9.44. The Kier molecular flexibility index (Phi) is 6.17. The molecule has 39 heavy (non-hydrogen) atoms. The van der Waals surface area contributed by atoms with Gasteiger partial charge in [0, 0.05) is 29.8 Å². The van der Waals surface area contributed by atoms with Crippen LogP contribution in [0, 0.1) is 5.92 Å². The van der Waals surface area contributed by atoms with E-state index in [4.69, 9.17) is 20.2 Å². The third kappa shape index (κ3) is 4.67. The Morgan fingerprint density at radius 1 is 1.18 bits per heavy atom. The predicted octanol–water partition coefficient (Wildman–Crippen LogP) is 4.01. The summed E-state index contributed by atoms with van der Waals surface area (Å²) in [5, 5.41) is 4.94. The van der Waals surface area contributed by atoms with Gasteiger partial charge in [-0.2, -0.15) is 0 Å². The number of rotatable bonds is 7. The molecule has 2 fully saturated rings. The highest BCUT2D eigenvalue weighted by molar-refractivity contribution is 5.93. The minimum absolute atomic E-state index is 0.0223. The average molecular weight is 531 g/mol. The fourth-order valence-corrected chi connectivity index (χ4v) is 5.11. The lowest BCUT2D eigenvalue weighted by atomic mass is 9.88. The minimum Gasteiger partial charge on any atom is -0.470 e.